The van der Waals surface area contributed by atoms with E-state index in [2.05, 4.69) is 5.32 Å². The Balaban J connectivity index is 1.83. The van der Waals surface area contributed by atoms with Gasteiger partial charge in [0.2, 0.25) is 11.8 Å². The van der Waals surface area contributed by atoms with Crippen LogP contribution in [-0.2, 0) is 14.3 Å². The Bertz CT molecular complexity index is 638. The molecule has 1 aliphatic rings. The molecular formula is C14H15Cl2N3O4. The molecule has 124 valence electrons. The molecule has 0 unspecified atom stereocenters. The summed E-state index contributed by atoms with van der Waals surface area (Å²) in [7, 11) is 1.60. The molecule has 1 fully saturated rings. The summed E-state index contributed by atoms with van der Waals surface area (Å²) in [4.78, 5) is 37.7. The Morgan fingerprint density at radius 1 is 1.30 bits per heavy atom. The zero-order chi connectivity index (χ0) is 17.0. The molecule has 1 aromatic rings. The Kier molecular flexibility index (Phi) is 5.81. The molecule has 1 aliphatic heterocycles. The van der Waals surface area contributed by atoms with Gasteiger partial charge in [0.05, 0.1) is 29.7 Å². The fraction of sp³-hybridized carbons (Fsp3) is 0.357. The number of nitrogens with one attached hydrogen (secondary N) is 1. The molecule has 9 heteroatoms. The zero-order valence-electron chi connectivity index (χ0n) is 12.3. The summed E-state index contributed by atoms with van der Waals surface area (Å²) in [6.07, 6.45) is -0.649. The number of benzene rings is 1. The van der Waals surface area contributed by atoms with E-state index in [1.165, 1.54) is 11.0 Å². The minimum Gasteiger partial charge on any atom is -0.447 e. The maximum atomic E-state index is 11.9. The number of ether oxygens (including phenoxy) is 1. The van der Waals surface area contributed by atoms with Crippen LogP contribution in [0.5, 0.6) is 0 Å². The number of cyclic esters (lactones) is 1. The molecule has 0 radical (unpaired) electrons. The molecule has 1 heterocycles. The minimum atomic E-state index is -0.649. The first-order chi connectivity index (χ1) is 10.9. The first-order valence-corrected chi connectivity index (χ1v) is 7.53. The van der Waals surface area contributed by atoms with Gasteiger partial charge in [-0.25, -0.2) is 9.69 Å². The first kappa shape index (κ1) is 17.5. The lowest BCUT2D eigenvalue weighted by Gasteiger charge is -2.18. The minimum absolute atomic E-state index is 0.0190. The zero-order valence-corrected chi connectivity index (χ0v) is 13.9. The highest BCUT2D eigenvalue weighted by atomic mass is 35.5. The summed E-state index contributed by atoms with van der Waals surface area (Å²) in [6, 6.07) is 4.73. The van der Waals surface area contributed by atoms with Crippen molar-refractivity contribution < 1.29 is 19.1 Å². The summed E-state index contributed by atoms with van der Waals surface area (Å²) >= 11 is 11.7. The van der Waals surface area contributed by atoms with Gasteiger partial charge in [-0.2, -0.15) is 0 Å². The third-order valence-electron chi connectivity index (χ3n) is 3.08. The fourth-order valence-corrected chi connectivity index (χ4v) is 2.31. The first-order valence-electron chi connectivity index (χ1n) is 6.77. The number of rotatable bonds is 5. The van der Waals surface area contributed by atoms with Crippen LogP contribution in [-0.4, -0.2) is 61.0 Å². The van der Waals surface area contributed by atoms with Gasteiger partial charge in [-0.3, -0.25) is 14.5 Å². The highest BCUT2D eigenvalue weighted by Gasteiger charge is 2.28. The highest BCUT2D eigenvalue weighted by molar-refractivity contribution is 6.42. The van der Waals surface area contributed by atoms with Crippen LogP contribution in [0.4, 0.5) is 10.5 Å². The van der Waals surface area contributed by atoms with Crippen LogP contribution >= 0.6 is 23.2 Å². The van der Waals surface area contributed by atoms with E-state index >= 15 is 0 Å². The number of halogens is 2. The normalized spacial score (nSPS) is 14.1. The van der Waals surface area contributed by atoms with Crippen LogP contribution in [0.15, 0.2) is 18.2 Å². The number of nitrogens with zero attached hydrogens (tertiary/aromatic N) is 2. The van der Waals surface area contributed by atoms with Crippen LogP contribution < -0.4 is 5.32 Å². The number of imide groups is 1. The van der Waals surface area contributed by atoms with E-state index in [0.29, 0.717) is 15.7 Å². The molecule has 7 nitrogen and oxygen atoms in total. The van der Waals surface area contributed by atoms with Crippen molar-refractivity contribution in [1.29, 1.82) is 0 Å². The van der Waals surface area contributed by atoms with E-state index in [9.17, 15) is 14.4 Å². The summed E-state index contributed by atoms with van der Waals surface area (Å²) < 4.78 is 4.69. The van der Waals surface area contributed by atoms with Gasteiger partial charge in [0.15, 0.2) is 0 Å². The van der Waals surface area contributed by atoms with E-state index in [4.69, 9.17) is 27.9 Å². The number of amides is 3. The molecule has 0 atom stereocenters. The molecule has 0 saturated carbocycles. The van der Waals surface area contributed by atoms with Crippen molar-refractivity contribution in [2.75, 3.05) is 38.6 Å². The van der Waals surface area contributed by atoms with Crippen molar-refractivity contribution in [3.63, 3.8) is 0 Å². The molecule has 3 amide bonds. The Labute approximate surface area is 143 Å². The van der Waals surface area contributed by atoms with Gasteiger partial charge >= 0.3 is 6.09 Å². The standard InChI is InChI=1S/C14H15Cl2N3O4/c1-18(8-13(21)19-4-5-23-14(19)22)7-12(20)17-9-2-3-10(15)11(16)6-9/h2-3,6H,4-5,7-8H2,1H3,(H,17,20). The van der Waals surface area contributed by atoms with E-state index < -0.39 is 12.0 Å². The van der Waals surface area contributed by atoms with Gasteiger partial charge in [-0.05, 0) is 25.2 Å². The lowest BCUT2D eigenvalue weighted by atomic mass is 10.3. The molecule has 0 bridgehead atoms. The third-order valence-corrected chi connectivity index (χ3v) is 3.82. The number of hydrogen-bond donors (Lipinski definition) is 1. The Hall–Kier alpha value is -1.83. The second-order valence-corrected chi connectivity index (χ2v) is 5.82. The largest absolute Gasteiger partial charge is 0.447 e. The van der Waals surface area contributed by atoms with Crippen molar-refractivity contribution in [3.05, 3.63) is 28.2 Å². The van der Waals surface area contributed by atoms with Crippen LogP contribution in [0, 0.1) is 0 Å². The average molecular weight is 360 g/mol. The van der Waals surface area contributed by atoms with Crippen molar-refractivity contribution in [2.45, 2.75) is 0 Å². The predicted octanol–water partition coefficient (Wildman–Crippen LogP) is 1.84. The number of hydrogen-bond acceptors (Lipinski definition) is 5. The highest BCUT2D eigenvalue weighted by Crippen LogP contribution is 2.24. The second-order valence-electron chi connectivity index (χ2n) is 5.01. The molecule has 1 saturated heterocycles. The predicted molar refractivity (Wildman–Crippen MR) is 85.6 cm³/mol. The van der Waals surface area contributed by atoms with Crippen molar-refractivity contribution in [2.24, 2.45) is 0 Å². The second kappa shape index (κ2) is 7.63. The average Bonchev–Trinajstić information content (AvgIpc) is 2.89. The smallest absolute Gasteiger partial charge is 0.416 e. The van der Waals surface area contributed by atoms with Crippen LogP contribution in [0.3, 0.4) is 0 Å². The number of carbonyl (C=O) groups is 3. The summed E-state index contributed by atoms with van der Waals surface area (Å²) in [5.74, 6) is -0.722. The monoisotopic (exact) mass is 359 g/mol. The van der Waals surface area contributed by atoms with Gasteiger partial charge in [0.1, 0.15) is 6.61 Å². The van der Waals surface area contributed by atoms with Crippen molar-refractivity contribution >= 4 is 46.8 Å². The van der Waals surface area contributed by atoms with Crippen molar-refractivity contribution in [3.8, 4) is 0 Å². The van der Waals surface area contributed by atoms with Gasteiger partial charge < -0.3 is 10.1 Å². The van der Waals surface area contributed by atoms with E-state index in [0.717, 1.165) is 4.90 Å². The Morgan fingerprint density at radius 2 is 2.04 bits per heavy atom. The topological polar surface area (TPSA) is 79.0 Å². The quantitative estimate of drug-likeness (QED) is 0.867. The molecule has 2 rings (SSSR count). The van der Waals surface area contributed by atoms with Crippen LogP contribution in [0.25, 0.3) is 0 Å². The molecule has 0 aromatic heterocycles. The van der Waals surface area contributed by atoms with E-state index in [1.54, 1.807) is 19.2 Å². The van der Waals surface area contributed by atoms with E-state index in [-0.39, 0.29) is 32.1 Å². The SMILES string of the molecule is CN(CC(=O)Nc1ccc(Cl)c(Cl)c1)CC(=O)N1CCOC1=O. The van der Waals surface area contributed by atoms with Gasteiger partial charge in [-0.15, -0.1) is 0 Å². The summed E-state index contributed by atoms with van der Waals surface area (Å²) in [5.41, 5.74) is 0.507. The molecule has 1 N–H and O–H groups in total. The van der Waals surface area contributed by atoms with Crippen molar-refractivity contribution in [1.82, 2.24) is 9.80 Å². The molecule has 23 heavy (non-hydrogen) atoms. The molecular weight excluding hydrogens is 345 g/mol. The number of carbonyl (C=O) groups excluding carboxylic acids is 3. The Morgan fingerprint density at radius 3 is 2.65 bits per heavy atom. The van der Waals surface area contributed by atoms with Crippen LogP contribution in [0.2, 0.25) is 10.0 Å². The van der Waals surface area contributed by atoms with Crippen LogP contribution in [0.1, 0.15) is 0 Å². The summed E-state index contributed by atoms with van der Waals surface area (Å²) in [5, 5.41) is 3.38. The summed E-state index contributed by atoms with van der Waals surface area (Å²) in [6.45, 7) is 0.353. The maximum absolute atomic E-state index is 11.9. The molecule has 1 aromatic carbocycles. The number of likely N-dealkylation sites (N-methyl/N-ethyl adjacent to an activating group) is 1. The lowest BCUT2D eigenvalue weighted by Crippen LogP contribution is -2.41. The molecule has 0 spiro atoms. The third kappa shape index (κ3) is 4.82. The lowest BCUT2D eigenvalue weighted by molar-refractivity contribution is -0.129. The van der Waals surface area contributed by atoms with Gasteiger partial charge in [0.25, 0.3) is 0 Å². The molecule has 0 aliphatic carbocycles. The van der Waals surface area contributed by atoms with E-state index in [1.807, 2.05) is 0 Å². The van der Waals surface area contributed by atoms with Gasteiger partial charge in [0, 0.05) is 5.69 Å². The fourth-order valence-electron chi connectivity index (χ4n) is 2.01. The van der Waals surface area contributed by atoms with Gasteiger partial charge in [-0.1, -0.05) is 23.2 Å². The number of anilines is 1. The maximum Gasteiger partial charge on any atom is 0.416 e.